The SMILES string of the molecule is C=CC(=O)OCCOCCOC(C)C. The highest BCUT2D eigenvalue weighted by molar-refractivity contribution is 5.81. The maximum absolute atomic E-state index is 10.6. The Morgan fingerprint density at radius 3 is 2.50 bits per heavy atom. The fraction of sp³-hybridized carbons (Fsp3) is 0.700. The first-order chi connectivity index (χ1) is 6.66. The van der Waals surface area contributed by atoms with Crippen LogP contribution in [-0.4, -0.2) is 38.5 Å². The summed E-state index contributed by atoms with van der Waals surface area (Å²) in [5, 5.41) is 0. The Hall–Kier alpha value is -0.870. The van der Waals surface area contributed by atoms with Crippen molar-refractivity contribution in [1.82, 2.24) is 0 Å². The third-order valence-corrected chi connectivity index (χ3v) is 1.32. The van der Waals surface area contributed by atoms with Gasteiger partial charge in [0, 0.05) is 6.08 Å². The van der Waals surface area contributed by atoms with Crippen molar-refractivity contribution in [2.24, 2.45) is 0 Å². The quantitative estimate of drug-likeness (QED) is 0.336. The standard InChI is InChI=1S/C10H18O4/c1-4-10(11)14-8-6-12-5-7-13-9(2)3/h4,9H,1,5-8H2,2-3H3. The third kappa shape index (κ3) is 9.22. The van der Waals surface area contributed by atoms with Crippen LogP contribution in [0.3, 0.4) is 0 Å². The summed E-state index contributed by atoms with van der Waals surface area (Å²) >= 11 is 0. The van der Waals surface area contributed by atoms with Crippen LogP contribution in [0.4, 0.5) is 0 Å². The van der Waals surface area contributed by atoms with Crippen molar-refractivity contribution in [3.8, 4) is 0 Å². The monoisotopic (exact) mass is 202 g/mol. The topological polar surface area (TPSA) is 44.8 Å². The molecule has 0 fully saturated rings. The minimum absolute atomic E-state index is 0.220. The lowest BCUT2D eigenvalue weighted by molar-refractivity contribution is -0.139. The van der Waals surface area contributed by atoms with E-state index in [0.29, 0.717) is 19.8 Å². The van der Waals surface area contributed by atoms with E-state index >= 15 is 0 Å². The van der Waals surface area contributed by atoms with E-state index in [-0.39, 0.29) is 12.7 Å². The second-order valence-corrected chi connectivity index (χ2v) is 2.90. The summed E-state index contributed by atoms with van der Waals surface area (Å²) in [6.07, 6.45) is 1.35. The average Bonchev–Trinajstić information content (AvgIpc) is 2.15. The predicted molar refractivity (Wildman–Crippen MR) is 53.1 cm³/mol. The molecule has 0 aromatic carbocycles. The van der Waals surface area contributed by atoms with E-state index in [4.69, 9.17) is 14.2 Å². The smallest absolute Gasteiger partial charge is 0.330 e. The molecule has 0 aliphatic rings. The molecule has 0 aromatic rings. The largest absolute Gasteiger partial charge is 0.460 e. The fourth-order valence-electron chi connectivity index (χ4n) is 0.705. The van der Waals surface area contributed by atoms with Gasteiger partial charge in [-0.05, 0) is 13.8 Å². The molecule has 4 heteroatoms. The van der Waals surface area contributed by atoms with E-state index in [2.05, 4.69) is 6.58 Å². The van der Waals surface area contributed by atoms with Crippen molar-refractivity contribution < 1.29 is 19.0 Å². The minimum Gasteiger partial charge on any atom is -0.460 e. The van der Waals surface area contributed by atoms with Gasteiger partial charge in [-0.15, -0.1) is 0 Å². The van der Waals surface area contributed by atoms with Gasteiger partial charge >= 0.3 is 5.97 Å². The molecule has 0 saturated carbocycles. The van der Waals surface area contributed by atoms with Crippen molar-refractivity contribution >= 4 is 5.97 Å². The van der Waals surface area contributed by atoms with Crippen molar-refractivity contribution in [3.05, 3.63) is 12.7 Å². The van der Waals surface area contributed by atoms with Crippen LogP contribution in [0.1, 0.15) is 13.8 Å². The number of carbonyl (C=O) groups is 1. The first-order valence-corrected chi connectivity index (χ1v) is 4.65. The molecule has 0 spiro atoms. The van der Waals surface area contributed by atoms with Gasteiger partial charge in [0.05, 0.1) is 25.9 Å². The number of ether oxygens (including phenoxy) is 3. The van der Waals surface area contributed by atoms with Crippen molar-refractivity contribution in [1.29, 1.82) is 0 Å². The molecule has 0 bridgehead atoms. The van der Waals surface area contributed by atoms with Crippen LogP contribution in [0, 0.1) is 0 Å². The molecule has 0 rings (SSSR count). The number of rotatable bonds is 8. The zero-order valence-electron chi connectivity index (χ0n) is 8.82. The van der Waals surface area contributed by atoms with Gasteiger partial charge in [0.1, 0.15) is 6.61 Å². The lowest BCUT2D eigenvalue weighted by Crippen LogP contribution is -2.13. The van der Waals surface area contributed by atoms with Gasteiger partial charge < -0.3 is 14.2 Å². The Labute approximate surface area is 84.8 Å². The second kappa shape index (κ2) is 8.72. The number of esters is 1. The zero-order chi connectivity index (χ0) is 10.8. The van der Waals surface area contributed by atoms with Gasteiger partial charge in [-0.1, -0.05) is 6.58 Å². The molecule has 0 heterocycles. The van der Waals surface area contributed by atoms with E-state index in [9.17, 15) is 4.79 Å². The van der Waals surface area contributed by atoms with Gasteiger partial charge in [0.25, 0.3) is 0 Å². The van der Waals surface area contributed by atoms with Crippen LogP contribution in [-0.2, 0) is 19.0 Å². The van der Waals surface area contributed by atoms with Crippen molar-refractivity contribution in [2.45, 2.75) is 20.0 Å². The van der Waals surface area contributed by atoms with Gasteiger partial charge in [0.15, 0.2) is 0 Å². The van der Waals surface area contributed by atoms with E-state index in [0.717, 1.165) is 6.08 Å². The second-order valence-electron chi connectivity index (χ2n) is 2.90. The summed E-state index contributed by atoms with van der Waals surface area (Å²) in [6.45, 7) is 8.93. The third-order valence-electron chi connectivity index (χ3n) is 1.32. The molecule has 0 saturated heterocycles. The average molecular weight is 202 g/mol. The van der Waals surface area contributed by atoms with Crippen LogP contribution in [0.5, 0.6) is 0 Å². The molecule has 0 aliphatic carbocycles. The normalized spacial score (nSPS) is 10.2. The molecule has 82 valence electrons. The van der Waals surface area contributed by atoms with Crippen LogP contribution in [0.2, 0.25) is 0 Å². The molecule has 0 aromatic heterocycles. The minimum atomic E-state index is -0.424. The van der Waals surface area contributed by atoms with E-state index in [1.807, 2.05) is 13.8 Å². The Balaban J connectivity index is 3.06. The molecule has 0 atom stereocenters. The van der Waals surface area contributed by atoms with Gasteiger partial charge in [0.2, 0.25) is 0 Å². The molecule has 0 radical (unpaired) electrons. The molecule has 14 heavy (non-hydrogen) atoms. The van der Waals surface area contributed by atoms with Crippen LogP contribution < -0.4 is 0 Å². The summed E-state index contributed by atoms with van der Waals surface area (Å²) in [7, 11) is 0. The number of hydrogen-bond acceptors (Lipinski definition) is 4. The number of hydrogen-bond donors (Lipinski definition) is 0. The molecular formula is C10H18O4. The highest BCUT2D eigenvalue weighted by atomic mass is 16.6. The first kappa shape index (κ1) is 13.1. The molecule has 0 aliphatic heterocycles. The summed E-state index contributed by atoms with van der Waals surface area (Å²) in [4.78, 5) is 10.6. The Bertz CT molecular complexity index is 166. The van der Waals surface area contributed by atoms with Gasteiger partial charge in [-0.25, -0.2) is 4.79 Å². The van der Waals surface area contributed by atoms with Crippen molar-refractivity contribution in [2.75, 3.05) is 26.4 Å². The maximum atomic E-state index is 10.6. The first-order valence-electron chi connectivity index (χ1n) is 4.65. The summed E-state index contributed by atoms with van der Waals surface area (Å²) in [5.74, 6) is -0.424. The van der Waals surface area contributed by atoms with Crippen LogP contribution >= 0.6 is 0 Å². The lowest BCUT2D eigenvalue weighted by Gasteiger charge is -2.07. The van der Waals surface area contributed by atoms with Gasteiger partial charge in [-0.3, -0.25) is 0 Å². The van der Waals surface area contributed by atoms with Crippen LogP contribution in [0.25, 0.3) is 0 Å². The lowest BCUT2D eigenvalue weighted by atomic mass is 10.5. The molecular weight excluding hydrogens is 184 g/mol. The molecule has 4 nitrogen and oxygen atoms in total. The molecule has 0 N–H and O–H groups in total. The van der Waals surface area contributed by atoms with Crippen molar-refractivity contribution in [3.63, 3.8) is 0 Å². The summed E-state index contributed by atoms with van der Waals surface area (Å²) in [6, 6.07) is 0. The summed E-state index contributed by atoms with van der Waals surface area (Å²) < 4.78 is 15.1. The summed E-state index contributed by atoms with van der Waals surface area (Å²) in [5.41, 5.74) is 0. The molecule has 0 unspecified atom stereocenters. The van der Waals surface area contributed by atoms with Gasteiger partial charge in [-0.2, -0.15) is 0 Å². The zero-order valence-corrected chi connectivity index (χ0v) is 8.82. The number of carbonyl (C=O) groups excluding carboxylic acids is 1. The van der Waals surface area contributed by atoms with Crippen LogP contribution in [0.15, 0.2) is 12.7 Å². The van der Waals surface area contributed by atoms with E-state index < -0.39 is 5.97 Å². The Morgan fingerprint density at radius 2 is 1.93 bits per heavy atom. The highest BCUT2D eigenvalue weighted by Gasteiger charge is 1.95. The predicted octanol–water partition coefficient (Wildman–Crippen LogP) is 1.16. The fourth-order valence-corrected chi connectivity index (χ4v) is 0.705. The van der Waals surface area contributed by atoms with E-state index in [1.165, 1.54) is 0 Å². The Kier molecular flexibility index (Phi) is 8.17. The molecule has 0 amide bonds. The Morgan fingerprint density at radius 1 is 1.29 bits per heavy atom. The van der Waals surface area contributed by atoms with E-state index in [1.54, 1.807) is 0 Å². The maximum Gasteiger partial charge on any atom is 0.330 e. The highest BCUT2D eigenvalue weighted by Crippen LogP contribution is 1.87.